The first-order valence-electron chi connectivity index (χ1n) is 11.1. The number of benzene rings is 1. The molecule has 0 radical (unpaired) electrons. The number of rotatable bonds is 5. The second-order valence-corrected chi connectivity index (χ2v) is 8.65. The van der Waals surface area contributed by atoms with Gasteiger partial charge in [-0.2, -0.15) is 4.98 Å². The average molecular weight is 452 g/mol. The van der Waals surface area contributed by atoms with E-state index in [1.54, 1.807) is 18.3 Å². The van der Waals surface area contributed by atoms with Gasteiger partial charge in [-0.1, -0.05) is 12.5 Å². The molecular weight excluding hydrogens is 425 g/mol. The van der Waals surface area contributed by atoms with Crippen LogP contribution in [0.25, 0.3) is 22.6 Å². The zero-order valence-corrected chi connectivity index (χ0v) is 18.6. The number of methoxy groups -OCH3 is 1. The molecule has 10 heteroatoms. The molecule has 5 rings (SSSR count). The van der Waals surface area contributed by atoms with E-state index in [2.05, 4.69) is 35.4 Å². The largest absolute Gasteiger partial charge is 0.507 e. The van der Waals surface area contributed by atoms with Crippen LogP contribution in [0, 0.1) is 5.82 Å². The Morgan fingerprint density at radius 3 is 2.58 bits per heavy atom. The minimum atomic E-state index is -0.615. The molecule has 2 aliphatic rings. The molecule has 2 atom stereocenters. The molecule has 0 aliphatic carbocycles. The molecule has 2 N–H and O–H groups in total. The summed E-state index contributed by atoms with van der Waals surface area (Å²) in [6.45, 7) is 0. The van der Waals surface area contributed by atoms with Crippen LogP contribution in [-0.2, 0) is 0 Å². The zero-order chi connectivity index (χ0) is 22.9. The van der Waals surface area contributed by atoms with Crippen molar-refractivity contribution in [2.24, 2.45) is 0 Å². The standard InChI is InChI=1S/C23H26FN7O2/c1-31(16-9-14-4-3-5-15(10-16)27-14)20-12-25-22(30-29-20)17-7-6-13(8-19(17)32)21-18(24)11-26-23(28-21)33-2/h6-8,11-12,14-16,27,32H,3-5,9-10H2,1-2H3/t14-,15-/m1/s1. The number of phenolic OH excluding ortho intramolecular Hbond substituents is 1. The molecule has 0 unspecified atom stereocenters. The highest BCUT2D eigenvalue weighted by Crippen LogP contribution is 2.33. The highest BCUT2D eigenvalue weighted by atomic mass is 19.1. The molecule has 2 aromatic heterocycles. The van der Waals surface area contributed by atoms with E-state index < -0.39 is 5.82 Å². The number of nitrogens with one attached hydrogen (secondary N) is 1. The summed E-state index contributed by atoms with van der Waals surface area (Å²) in [6.07, 6.45) is 8.64. The summed E-state index contributed by atoms with van der Waals surface area (Å²) >= 11 is 0. The third-order valence-corrected chi connectivity index (χ3v) is 6.56. The molecule has 2 aliphatic heterocycles. The van der Waals surface area contributed by atoms with Crippen LogP contribution >= 0.6 is 0 Å². The molecule has 2 saturated heterocycles. The van der Waals surface area contributed by atoms with E-state index in [-0.39, 0.29) is 17.5 Å². The Hall–Kier alpha value is -3.40. The number of hydrogen-bond acceptors (Lipinski definition) is 9. The van der Waals surface area contributed by atoms with Crippen molar-refractivity contribution >= 4 is 5.82 Å². The summed E-state index contributed by atoms with van der Waals surface area (Å²) in [5.41, 5.74) is 0.819. The van der Waals surface area contributed by atoms with Gasteiger partial charge in [0.05, 0.1) is 25.1 Å². The fourth-order valence-corrected chi connectivity index (χ4v) is 4.81. The van der Waals surface area contributed by atoms with Gasteiger partial charge < -0.3 is 20.1 Å². The minimum Gasteiger partial charge on any atom is -0.507 e. The highest BCUT2D eigenvalue weighted by Gasteiger charge is 2.33. The summed E-state index contributed by atoms with van der Waals surface area (Å²) in [4.78, 5) is 14.4. The van der Waals surface area contributed by atoms with E-state index in [4.69, 9.17) is 4.74 Å². The van der Waals surface area contributed by atoms with Crippen LogP contribution in [0.15, 0.2) is 30.6 Å². The van der Waals surface area contributed by atoms with Crippen molar-refractivity contribution < 1.29 is 14.2 Å². The topological polar surface area (TPSA) is 109 Å². The molecule has 2 fully saturated rings. The Morgan fingerprint density at radius 1 is 1.12 bits per heavy atom. The SMILES string of the molecule is COc1ncc(F)c(-c2ccc(-c3ncc(N(C)C4C[C@H]5CCC[C@H](C4)N5)nn3)c(O)c2)n1. The normalized spacial score (nSPS) is 22.1. The molecular formula is C23H26FN7O2. The maximum Gasteiger partial charge on any atom is 0.316 e. The third-order valence-electron chi connectivity index (χ3n) is 6.56. The van der Waals surface area contributed by atoms with Gasteiger partial charge in [-0.25, -0.2) is 14.4 Å². The second-order valence-electron chi connectivity index (χ2n) is 8.65. The zero-order valence-electron chi connectivity index (χ0n) is 18.6. The van der Waals surface area contributed by atoms with Gasteiger partial charge in [-0.15, -0.1) is 10.2 Å². The molecule has 9 nitrogen and oxygen atoms in total. The van der Waals surface area contributed by atoms with Crippen molar-refractivity contribution in [3.05, 3.63) is 36.4 Å². The Kier molecular flexibility index (Phi) is 5.76. The molecule has 0 saturated carbocycles. The van der Waals surface area contributed by atoms with E-state index >= 15 is 0 Å². The van der Waals surface area contributed by atoms with Gasteiger partial charge in [0.25, 0.3) is 0 Å². The molecule has 3 aromatic rings. The Labute approximate surface area is 191 Å². The first kappa shape index (κ1) is 21.4. The van der Waals surface area contributed by atoms with E-state index in [0.717, 1.165) is 19.0 Å². The lowest BCUT2D eigenvalue weighted by Gasteiger charge is -2.43. The summed E-state index contributed by atoms with van der Waals surface area (Å²) < 4.78 is 19.2. The van der Waals surface area contributed by atoms with Gasteiger partial charge >= 0.3 is 6.01 Å². The van der Waals surface area contributed by atoms with Crippen LogP contribution in [-0.4, -0.2) is 62.5 Å². The lowest BCUT2D eigenvalue weighted by Crippen LogP contribution is -2.54. The van der Waals surface area contributed by atoms with Gasteiger partial charge in [-0.05, 0) is 37.8 Å². The monoisotopic (exact) mass is 451 g/mol. The van der Waals surface area contributed by atoms with E-state index in [1.165, 1.54) is 32.4 Å². The maximum absolute atomic E-state index is 14.2. The quantitative estimate of drug-likeness (QED) is 0.605. The predicted octanol–water partition coefficient (Wildman–Crippen LogP) is 2.96. The lowest BCUT2D eigenvalue weighted by atomic mass is 9.83. The highest BCUT2D eigenvalue weighted by molar-refractivity contribution is 5.71. The number of aromatic nitrogens is 5. The molecule has 4 heterocycles. The van der Waals surface area contributed by atoms with Crippen molar-refractivity contribution in [3.8, 4) is 34.4 Å². The van der Waals surface area contributed by atoms with E-state index in [0.29, 0.717) is 40.9 Å². The number of aromatic hydroxyl groups is 1. The van der Waals surface area contributed by atoms with Crippen molar-refractivity contribution in [1.82, 2.24) is 30.5 Å². The van der Waals surface area contributed by atoms with Crippen LogP contribution in [0.1, 0.15) is 32.1 Å². The van der Waals surface area contributed by atoms with Crippen LogP contribution < -0.4 is 15.0 Å². The van der Waals surface area contributed by atoms with E-state index in [1.807, 2.05) is 7.05 Å². The van der Waals surface area contributed by atoms with Crippen LogP contribution in [0.2, 0.25) is 0 Å². The summed E-state index contributed by atoms with van der Waals surface area (Å²) in [5.74, 6) is 0.281. The smallest absolute Gasteiger partial charge is 0.316 e. The Morgan fingerprint density at radius 2 is 1.91 bits per heavy atom. The fraction of sp³-hybridized carbons (Fsp3) is 0.435. The van der Waals surface area contributed by atoms with Crippen LogP contribution in [0.4, 0.5) is 10.2 Å². The van der Waals surface area contributed by atoms with Gasteiger partial charge in [0, 0.05) is 30.7 Å². The summed E-state index contributed by atoms with van der Waals surface area (Å²) in [6, 6.07) is 6.25. The Bertz CT molecular complexity index is 1130. The third kappa shape index (κ3) is 4.30. The number of ether oxygens (including phenoxy) is 1. The van der Waals surface area contributed by atoms with Gasteiger partial charge in [-0.3, -0.25) is 0 Å². The summed E-state index contributed by atoms with van der Waals surface area (Å²) in [7, 11) is 3.44. The minimum absolute atomic E-state index is 0.0338. The summed E-state index contributed by atoms with van der Waals surface area (Å²) in [5, 5.41) is 22.9. The first-order chi connectivity index (χ1) is 16.0. The predicted molar refractivity (Wildman–Crippen MR) is 120 cm³/mol. The average Bonchev–Trinajstić information content (AvgIpc) is 2.84. The van der Waals surface area contributed by atoms with Crippen LogP contribution in [0.5, 0.6) is 11.8 Å². The second kappa shape index (κ2) is 8.86. The van der Waals surface area contributed by atoms with E-state index in [9.17, 15) is 9.50 Å². The van der Waals surface area contributed by atoms with Crippen LogP contribution in [0.3, 0.4) is 0 Å². The molecule has 0 amide bonds. The number of phenols is 1. The molecule has 0 spiro atoms. The number of piperidine rings is 2. The first-order valence-corrected chi connectivity index (χ1v) is 11.1. The van der Waals surface area contributed by atoms with Gasteiger partial charge in [0.15, 0.2) is 17.5 Å². The Balaban J connectivity index is 1.35. The fourth-order valence-electron chi connectivity index (χ4n) is 4.81. The number of halogens is 1. The van der Waals surface area contributed by atoms with Gasteiger partial charge in [0.1, 0.15) is 11.4 Å². The molecule has 2 bridgehead atoms. The van der Waals surface area contributed by atoms with Crippen molar-refractivity contribution in [1.29, 1.82) is 0 Å². The van der Waals surface area contributed by atoms with Crippen molar-refractivity contribution in [2.45, 2.75) is 50.2 Å². The van der Waals surface area contributed by atoms with Gasteiger partial charge in [0.2, 0.25) is 0 Å². The molecule has 172 valence electrons. The van der Waals surface area contributed by atoms with Crippen molar-refractivity contribution in [3.63, 3.8) is 0 Å². The lowest BCUT2D eigenvalue weighted by molar-refractivity contribution is 0.219. The number of hydrogen-bond donors (Lipinski definition) is 2. The maximum atomic E-state index is 14.2. The molecule has 1 aromatic carbocycles. The number of fused-ring (bicyclic) bond motifs is 2. The number of anilines is 1. The number of nitrogens with zero attached hydrogens (tertiary/aromatic N) is 6. The van der Waals surface area contributed by atoms with Crippen molar-refractivity contribution in [2.75, 3.05) is 19.1 Å². The molecule has 33 heavy (non-hydrogen) atoms.